The van der Waals surface area contributed by atoms with Crippen LogP contribution in [0.2, 0.25) is 5.02 Å². The van der Waals surface area contributed by atoms with Crippen LogP contribution >= 0.6 is 11.6 Å². The van der Waals surface area contributed by atoms with Gasteiger partial charge in [-0.15, -0.1) is 0 Å². The molecule has 0 aliphatic carbocycles. The van der Waals surface area contributed by atoms with Crippen LogP contribution in [0.1, 0.15) is 42.1 Å². The number of benzene rings is 1. The maximum absolute atomic E-state index is 12.9. The van der Waals surface area contributed by atoms with Crippen molar-refractivity contribution < 1.29 is 33.0 Å². The lowest BCUT2D eigenvalue weighted by atomic mass is 10.1. The van der Waals surface area contributed by atoms with Crippen LogP contribution in [0.4, 0.5) is 4.79 Å². The number of rotatable bonds is 8. The molecular weight excluding hydrogens is 440 g/mol. The Morgan fingerprint density at radius 2 is 2.03 bits per heavy atom. The van der Waals surface area contributed by atoms with Crippen molar-refractivity contribution in [2.24, 2.45) is 0 Å². The van der Waals surface area contributed by atoms with E-state index in [0.29, 0.717) is 22.1 Å². The molecule has 9 nitrogen and oxygen atoms in total. The van der Waals surface area contributed by atoms with Crippen molar-refractivity contribution in [1.82, 2.24) is 10.2 Å². The summed E-state index contributed by atoms with van der Waals surface area (Å²) >= 11 is 6.20. The monoisotopic (exact) mass is 462 g/mol. The molecule has 1 saturated heterocycles. The van der Waals surface area contributed by atoms with Gasteiger partial charge in [0, 0.05) is 16.7 Å². The average molecular weight is 463 g/mol. The summed E-state index contributed by atoms with van der Waals surface area (Å²) in [6.07, 6.45) is 2.12. The summed E-state index contributed by atoms with van der Waals surface area (Å²) in [7, 11) is 2.71. The minimum absolute atomic E-state index is 0.0248. The van der Waals surface area contributed by atoms with Crippen molar-refractivity contribution >= 4 is 35.6 Å². The van der Waals surface area contributed by atoms with Gasteiger partial charge in [0.05, 0.1) is 26.9 Å². The van der Waals surface area contributed by atoms with Gasteiger partial charge in [-0.2, -0.15) is 0 Å². The molecule has 0 bridgehead atoms. The van der Waals surface area contributed by atoms with Crippen molar-refractivity contribution in [3.05, 3.63) is 52.1 Å². The Balaban J connectivity index is 1.89. The molecule has 3 rings (SSSR count). The Morgan fingerprint density at radius 3 is 2.69 bits per heavy atom. The number of nitrogens with zero attached hydrogens (tertiary/aromatic N) is 1. The van der Waals surface area contributed by atoms with Gasteiger partial charge in [-0.25, -0.2) is 9.59 Å². The van der Waals surface area contributed by atoms with Crippen LogP contribution in [-0.2, 0) is 16.1 Å². The molecule has 0 radical (unpaired) electrons. The summed E-state index contributed by atoms with van der Waals surface area (Å²) in [6.45, 7) is 3.72. The van der Waals surface area contributed by atoms with Crippen LogP contribution in [-0.4, -0.2) is 43.1 Å². The first-order chi connectivity index (χ1) is 15.3. The van der Waals surface area contributed by atoms with Crippen molar-refractivity contribution in [1.29, 1.82) is 0 Å². The van der Waals surface area contributed by atoms with E-state index in [-0.39, 0.29) is 29.9 Å². The fourth-order valence-electron chi connectivity index (χ4n) is 2.96. The Bertz CT molecular complexity index is 1080. The average Bonchev–Trinajstić information content (AvgIpc) is 3.35. The van der Waals surface area contributed by atoms with Crippen molar-refractivity contribution in [2.45, 2.75) is 32.9 Å². The van der Waals surface area contributed by atoms with Gasteiger partial charge in [-0.05, 0) is 37.6 Å². The standard InChI is InChI=1S/C22H23ClN2O7/c1-5-12(2)31-19-13(8-14(23)10-18(19)29-3)9-16-20(26)25(22(28)24-16)11-15-6-7-17(32-15)21(27)30-4/h6-10,12H,5,11H2,1-4H3,(H,24,28)/b16-9-/t12-/m0/s1. The van der Waals surface area contributed by atoms with Gasteiger partial charge >= 0.3 is 12.0 Å². The van der Waals surface area contributed by atoms with Crippen LogP contribution in [0.25, 0.3) is 6.08 Å². The summed E-state index contributed by atoms with van der Waals surface area (Å²) in [5, 5.41) is 2.92. The molecule has 1 aliphatic heterocycles. The molecule has 1 aromatic carbocycles. The number of halogens is 1. The number of urea groups is 1. The largest absolute Gasteiger partial charge is 0.493 e. The maximum Gasteiger partial charge on any atom is 0.373 e. The number of imide groups is 1. The van der Waals surface area contributed by atoms with Crippen molar-refractivity contribution in [3.8, 4) is 11.5 Å². The lowest BCUT2D eigenvalue weighted by molar-refractivity contribution is -0.123. The Hall–Kier alpha value is -3.46. The van der Waals surface area contributed by atoms with E-state index in [1.54, 1.807) is 12.1 Å². The summed E-state index contributed by atoms with van der Waals surface area (Å²) in [6, 6.07) is 5.50. The van der Waals surface area contributed by atoms with Gasteiger partial charge in [0.1, 0.15) is 11.5 Å². The van der Waals surface area contributed by atoms with Crippen LogP contribution in [0, 0.1) is 0 Å². The second-order valence-electron chi connectivity index (χ2n) is 7.00. The Kier molecular flexibility index (Phi) is 7.09. The zero-order valence-corrected chi connectivity index (χ0v) is 18.8. The van der Waals surface area contributed by atoms with E-state index in [1.807, 2.05) is 13.8 Å². The van der Waals surface area contributed by atoms with E-state index in [0.717, 1.165) is 11.3 Å². The quantitative estimate of drug-likeness (QED) is 0.359. The molecule has 1 N–H and O–H groups in total. The van der Waals surface area contributed by atoms with E-state index in [2.05, 4.69) is 10.1 Å². The van der Waals surface area contributed by atoms with Crippen molar-refractivity contribution in [3.63, 3.8) is 0 Å². The number of ether oxygens (including phenoxy) is 3. The van der Waals surface area contributed by atoms with Gasteiger partial charge in [0.2, 0.25) is 5.76 Å². The summed E-state index contributed by atoms with van der Waals surface area (Å²) in [5.41, 5.74) is 0.513. The minimum atomic E-state index is -0.655. The van der Waals surface area contributed by atoms with Gasteiger partial charge in [-0.3, -0.25) is 9.69 Å². The smallest absolute Gasteiger partial charge is 0.373 e. The number of hydrogen-bond donors (Lipinski definition) is 1. The zero-order valence-electron chi connectivity index (χ0n) is 18.1. The van der Waals surface area contributed by atoms with Crippen molar-refractivity contribution in [2.75, 3.05) is 14.2 Å². The number of furan rings is 1. The second kappa shape index (κ2) is 9.78. The third-order valence-electron chi connectivity index (χ3n) is 4.79. The van der Waals surface area contributed by atoms with E-state index in [9.17, 15) is 14.4 Å². The molecule has 0 spiro atoms. The highest BCUT2D eigenvalue weighted by Gasteiger charge is 2.35. The highest BCUT2D eigenvalue weighted by atomic mass is 35.5. The molecule has 1 fully saturated rings. The summed E-state index contributed by atoms with van der Waals surface area (Å²) < 4.78 is 21.3. The lowest BCUT2D eigenvalue weighted by Gasteiger charge is -2.18. The van der Waals surface area contributed by atoms with E-state index in [4.69, 9.17) is 25.5 Å². The molecule has 170 valence electrons. The second-order valence-corrected chi connectivity index (χ2v) is 7.44. The number of methoxy groups -OCH3 is 2. The number of amides is 3. The highest BCUT2D eigenvalue weighted by Crippen LogP contribution is 2.37. The first-order valence-electron chi connectivity index (χ1n) is 9.83. The highest BCUT2D eigenvalue weighted by molar-refractivity contribution is 6.31. The van der Waals surface area contributed by atoms with Gasteiger partial charge in [-0.1, -0.05) is 18.5 Å². The molecule has 1 aliphatic rings. The normalized spacial score (nSPS) is 15.7. The lowest BCUT2D eigenvalue weighted by Crippen LogP contribution is -2.30. The number of carbonyl (C=O) groups is 3. The fraction of sp³-hybridized carbons (Fsp3) is 0.318. The predicted molar refractivity (Wildman–Crippen MR) is 115 cm³/mol. The van der Waals surface area contributed by atoms with E-state index in [1.165, 1.54) is 32.4 Å². The van der Waals surface area contributed by atoms with Crippen LogP contribution < -0.4 is 14.8 Å². The molecule has 2 heterocycles. The molecule has 1 aromatic heterocycles. The first kappa shape index (κ1) is 23.2. The number of carbonyl (C=O) groups excluding carboxylic acids is 3. The van der Waals surface area contributed by atoms with E-state index >= 15 is 0 Å². The number of hydrogen-bond acceptors (Lipinski definition) is 7. The molecule has 0 unspecified atom stereocenters. The van der Waals surface area contributed by atoms with Crippen LogP contribution in [0.15, 0.2) is 34.4 Å². The predicted octanol–water partition coefficient (Wildman–Crippen LogP) is 4.00. The fourth-order valence-corrected chi connectivity index (χ4v) is 3.17. The SMILES string of the molecule is CC[C@H](C)Oc1c(/C=C2\NC(=O)N(Cc3ccc(C(=O)OC)o3)C2=O)cc(Cl)cc1OC. The Labute approximate surface area is 189 Å². The van der Waals surface area contributed by atoms with Gasteiger partial charge in [0.25, 0.3) is 5.91 Å². The number of nitrogens with one attached hydrogen (secondary N) is 1. The molecule has 0 saturated carbocycles. The van der Waals surface area contributed by atoms with E-state index < -0.39 is 17.9 Å². The summed E-state index contributed by atoms with van der Waals surface area (Å²) in [5.74, 6) is -0.182. The zero-order chi connectivity index (χ0) is 23.4. The topological polar surface area (TPSA) is 107 Å². The molecule has 2 aromatic rings. The van der Waals surface area contributed by atoms with Crippen LogP contribution in [0.3, 0.4) is 0 Å². The van der Waals surface area contributed by atoms with Crippen LogP contribution in [0.5, 0.6) is 11.5 Å². The number of esters is 1. The molecule has 1 atom stereocenters. The van der Waals surface area contributed by atoms with Gasteiger partial charge < -0.3 is 23.9 Å². The molecule has 3 amide bonds. The Morgan fingerprint density at radius 1 is 1.28 bits per heavy atom. The molecule has 32 heavy (non-hydrogen) atoms. The first-order valence-corrected chi connectivity index (χ1v) is 10.2. The minimum Gasteiger partial charge on any atom is -0.493 e. The van der Waals surface area contributed by atoms with Gasteiger partial charge in [0.15, 0.2) is 11.5 Å². The molecule has 10 heteroatoms. The maximum atomic E-state index is 12.9. The third-order valence-corrected chi connectivity index (χ3v) is 5.00. The molecular formula is C22H23ClN2O7. The third kappa shape index (κ3) is 4.88. The summed E-state index contributed by atoms with van der Waals surface area (Å²) in [4.78, 5) is 37.8.